The van der Waals surface area contributed by atoms with E-state index in [1.807, 2.05) is 24.3 Å². The molecule has 1 N–H and O–H groups in total. The Morgan fingerprint density at radius 3 is 2.71 bits per heavy atom. The van der Waals surface area contributed by atoms with E-state index in [0.29, 0.717) is 18.6 Å². The molecule has 1 unspecified atom stereocenters. The summed E-state index contributed by atoms with van der Waals surface area (Å²) in [6.07, 6.45) is 1.16. The minimum atomic E-state index is 0.584. The molecule has 1 aromatic carbocycles. The van der Waals surface area contributed by atoms with E-state index in [9.17, 15) is 0 Å². The van der Waals surface area contributed by atoms with E-state index >= 15 is 0 Å². The van der Waals surface area contributed by atoms with Crippen LogP contribution < -0.4 is 10.1 Å². The van der Waals surface area contributed by atoms with Gasteiger partial charge in [0.15, 0.2) is 0 Å². The van der Waals surface area contributed by atoms with E-state index in [0.717, 1.165) is 23.2 Å². The molecule has 0 radical (unpaired) electrons. The maximum Gasteiger partial charge on any atom is 0.120 e. The zero-order valence-electron chi connectivity index (χ0n) is 10.9. The van der Waals surface area contributed by atoms with Crippen LogP contribution in [0.3, 0.4) is 0 Å². The summed E-state index contributed by atoms with van der Waals surface area (Å²) in [6.45, 7) is 8.31. The van der Waals surface area contributed by atoms with Crippen molar-refractivity contribution in [2.75, 3.05) is 13.2 Å². The normalized spacial score (nSPS) is 12.8. The summed E-state index contributed by atoms with van der Waals surface area (Å²) < 4.78 is 6.72. The van der Waals surface area contributed by atoms with Crippen LogP contribution >= 0.6 is 15.9 Å². The van der Waals surface area contributed by atoms with Crippen molar-refractivity contribution in [1.29, 1.82) is 0 Å². The van der Waals surface area contributed by atoms with Crippen LogP contribution in [0.15, 0.2) is 28.7 Å². The summed E-state index contributed by atoms with van der Waals surface area (Å²) >= 11 is 3.43. The van der Waals surface area contributed by atoms with Crippen molar-refractivity contribution in [1.82, 2.24) is 5.32 Å². The summed E-state index contributed by atoms with van der Waals surface area (Å²) in [5.74, 6) is 1.59. The number of benzene rings is 1. The molecule has 2 nitrogen and oxygen atoms in total. The molecule has 0 aliphatic rings. The molecular weight excluding hydrogens is 278 g/mol. The van der Waals surface area contributed by atoms with Crippen LogP contribution in [0.25, 0.3) is 0 Å². The lowest BCUT2D eigenvalue weighted by Crippen LogP contribution is -2.35. The fourth-order valence-electron chi connectivity index (χ4n) is 1.82. The number of hydrogen-bond acceptors (Lipinski definition) is 2. The number of ether oxygens (including phenoxy) is 1. The lowest BCUT2D eigenvalue weighted by molar-refractivity contribution is 0.289. The summed E-state index contributed by atoms with van der Waals surface area (Å²) in [5.41, 5.74) is 0. The van der Waals surface area contributed by atoms with Gasteiger partial charge in [0.25, 0.3) is 0 Å². The van der Waals surface area contributed by atoms with E-state index < -0.39 is 0 Å². The maximum atomic E-state index is 5.67. The highest BCUT2D eigenvalue weighted by Crippen LogP contribution is 2.17. The van der Waals surface area contributed by atoms with Gasteiger partial charge in [-0.25, -0.2) is 0 Å². The van der Waals surface area contributed by atoms with Crippen LogP contribution in [0.4, 0.5) is 0 Å². The van der Waals surface area contributed by atoms with Crippen LogP contribution in [0, 0.1) is 5.92 Å². The lowest BCUT2D eigenvalue weighted by Gasteiger charge is -2.20. The van der Waals surface area contributed by atoms with Crippen LogP contribution in [0.5, 0.6) is 5.75 Å². The Balaban J connectivity index is 2.24. The highest BCUT2D eigenvalue weighted by Gasteiger charge is 2.09. The first-order valence-corrected chi connectivity index (χ1v) is 7.04. The molecule has 0 aliphatic heterocycles. The first-order valence-electron chi connectivity index (χ1n) is 6.25. The Kier molecular flexibility index (Phi) is 6.60. The molecule has 0 fully saturated rings. The van der Waals surface area contributed by atoms with Gasteiger partial charge in [-0.15, -0.1) is 0 Å². The van der Waals surface area contributed by atoms with Crippen molar-refractivity contribution in [3.8, 4) is 5.75 Å². The fourth-order valence-corrected chi connectivity index (χ4v) is 2.20. The van der Waals surface area contributed by atoms with Gasteiger partial charge in [0, 0.05) is 17.1 Å². The molecular formula is C14H22BrNO. The Morgan fingerprint density at radius 1 is 1.35 bits per heavy atom. The van der Waals surface area contributed by atoms with Crippen molar-refractivity contribution in [3.05, 3.63) is 28.7 Å². The number of rotatable bonds is 7. The first-order chi connectivity index (χ1) is 8.13. The van der Waals surface area contributed by atoms with Gasteiger partial charge in [-0.1, -0.05) is 42.8 Å². The Hall–Kier alpha value is -0.540. The van der Waals surface area contributed by atoms with Gasteiger partial charge < -0.3 is 10.1 Å². The third kappa shape index (κ3) is 5.55. The van der Waals surface area contributed by atoms with Gasteiger partial charge in [0.2, 0.25) is 0 Å². The van der Waals surface area contributed by atoms with Crippen LogP contribution in [-0.2, 0) is 0 Å². The van der Waals surface area contributed by atoms with Gasteiger partial charge in [0.1, 0.15) is 12.4 Å². The largest absolute Gasteiger partial charge is 0.492 e. The molecule has 1 rings (SSSR count). The number of nitrogens with one attached hydrogen (secondary N) is 1. The highest BCUT2D eigenvalue weighted by atomic mass is 79.9. The average Bonchev–Trinajstić information content (AvgIpc) is 2.28. The van der Waals surface area contributed by atoms with Crippen molar-refractivity contribution >= 4 is 15.9 Å². The summed E-state index contributed by atoms with van der Waals surface area (Å²) in [6, 6.07) is 8.53. The molecule has 1 atom stereocenters. The van der Waals surface area contributed by atoms with E-state index in [-0.39, 0.29) is 0 Å². The molecule has 96 valence electrons. The lowest BCUT2D eigenvalue weighted by atomic mass is 10.0. The van der Waals surface area contributed by atoms with Crippen molar-refractivity contribution in [2.45, 2.75) is 33.2 Å². The molecule has 0 amide bonds. The SMILES string of the molecule is CCC(NCCOc1cccc(Br)c1)C(C)C. The Labute approximate surface area is 113 Å². The predicted molar refractivity (Wildman–Crippen MR) is 76.6 cm³/mol. The van der Waals surface area contributed by atoms with Gasteiger partial charge in [0.05, 0.1) is 0 Å². The van der Waals surface area contributed by atoms with Crippen molar-refractivity contribution < 1.29 is 4.74 Å². The first kappa shape index (κ1) is 14.5. The van der Waals surface area contributed by atoms with Gasteiger partial charge in [-0.2, -0.15) is 0 Å². The monoisotopic (exact) mass is 299 g/mol. The molecule has 1 aromatic rings. The van der Waals surface area contributed by atoms with Crippen molar-refractivity contribution in [2.24, 2.45) is 5.92 Å². The second kappa shape index (κ2) is 7.72. The molecule has 0 heterocycles. The van der Waals surface area contributed by atoms with E-state index in [1.165, 1.54) is 0 Å². The fraction of sp³-hybridized carbons (Fsp3) is 0.571. The number of hydrogen-bond donors (Lipinski definition) is 1. The molecule has 0 aromatic heterocycles. The molecule has 17 heavy (non-hydrogen) atoms. The summed E-state index contributed by atoms with van der Waals surface area (Å²) in [4.78, 5) is 0. The number of halogens is 1. The minimum Gasteiger partial charge on any atom is -0.492 e. The molecule has 3 heteroatoms. The van der Waals surface area contributed by atoms with E-state index in [4.69, 9.17) is 4.74 Å². The highest BCUT2D eigenvalue weighted by molar-refractivity contribution is 9.10. The second-order valence-corrected chi connectivity index (χ2v) is 5.43. The van der Waals surface area contributed by atoms with Crippen LogP contribution in [0.2, 0.25) is 0 Å². The third-order valence-corrected chi connectivity index (χ3v) is 3.31. The van der Waals surface area contributed by atoms with E-state index in [1.54, 1.807) is 0 Å². The zero-order chi connectivity index (χ0) is 12.7. The summed E-state index contributed by atoms with van der Waals surface area (Å²) in [5, 5.41) is 3.52. The second-order valence-electron chi connectivity index (χ2n) is 4.52. The quantitative estimate of drug-likeness (QED) is 0.772. The summed E-state index contributed by atoms with van der Waals surface area (Å²) in [7, 11) is 0. The standard InChI is InChI=1S/C14H22BrNO/c1-4-14(11(2)3)16-8-9-17-13-7-5-6-12(15)10-13/h5-7,10-11,14,16H,4,8-9H2,1-3H3. The van der Waals surface area contributed by atoms with Crippen molar-refractivity contribution in [3.63, 3.8) is 0 Å². The van der Waals surface area contributed by atoms with Gasteiger partial charge in [-0.3, -0.25) is 0 Å². The third-order valence-electron chi connectivity index (χ3n) is 2.82. The Morgan fingerprint density at radius 2 is 2.12 bits per heavy atom. The predicted octanol–water partition coefficient (Wildman–Crippen LogP) is 3.85. The van der Waals surface area contributed by atoms with Crippen LogP contribution in [0.1, 0.15) is 27.2 Å². The molecule has 0 saturated carbocycles. The molecule has 0 bridgehead atoms. The zero-order valence-corrected chi connectivity index (χ0v) is 12.5. The smallest absolute Gasteiger partial charge is 0.120 e. The molecule has 0 spiro atoms. The maximum absolute atomic E-state index is 5.67. The van der Waals surface area contributed by atoms with Crippen LogP contribution in [-0.4, -0.2) is 19.2 Å². The molecule has 0 aliphatic carbocycles. The van der Waals surface area contributed by atoms with E-state index in [2.05, 4.69) is 42.0 Å². The minimum absolute atomic E-state index is 0.584. The van der Waals surface area contributed by atoms with Gasteiger partial charge in [-0.05, 0) is 30.5 Å². The average molecular weight is 300 g/mol. The van der Waals surface area contributed by atoms with Gasteiger partial charge >= 0.3 is 0 Å². The topological polar surface area (TPSA) is 21.3 Å². The molecule has 0 saturated heterocycles. The Bertz CT molecular complexity index is 328.